The van der Waals surface area contributed by atoms with E-state index in [1.165, 1.54) is 20.2 Å². The van der Waals surface area contributed by atoms with Crippen LogP contribution >= 0.6 is 11.3 Å². The quantitative estimate of drug-likeness (QED) is 0.146. The summed E-state index contributed by atoms with van der Waals surface area (Å²) in [5.41, 5.74) is 11.3. The SMILES string of the molecule is c1ccc(N(c2ccccc2)c2ccc3sc4cc(N(c5ccccc5)c5cccc6c5oc5ccccc56)cc(N(c5ccccc5)c5ccccc5)c4c3c2)cc1. The van der Waals surface area contributed by atoms with E-state index in [2.05, 4.69) is 233 Å². The Balaban J connectivity index is 1.22. The molecule has 0 bridgehead atoms. The average Bonchev–Trinajstić information content (AvgIpc) is 3.87. The van der Waals surface area contributed by atoms with Gasteiger partial charge in [0.25, 0.3) is 0 Å². The third-order valence-corrected chi connectivity index (χ3v) is 12.1. The van der Waals surface area contributed by atoms with Crippen molar-refractivity contribution in [2.75, 3.05) is 14.7 Å². The van der Waals surface area contributed by atoms with Crippen LogP contribution in [0, 0.1) is 0 Å². The average molecular weight is 776 g/mol. The van der Waals surface area contributed by atoms with Gasteiger partial charge in [0.05, 0.1) is 11.4 Å². The molecule has 11 aromatic rings. The van der Waals surface area contributed by atoms with Crippen LogP contribution in [0.15, 0.2) is 229 Å². The summed E-state index contributed by atoms with van der Waals surface area (Å²) in [5.74, 6) is 0. The number of fused-ring (bicyclic) bond motifs is 6. The molecule has 0 saturated carbocycles. The molecule has 0 aliphatic rings. The molecule has 2 aromatic heterocycles. The fourth-order valence-corrected chi connectivity index (χ4v) is 9.54. The van der Waals surface area contributed by atoms with Crippen molar-refractivity contribution >= 4 is 105 Å². The van der Waals surface area contributed by atoms with Crippen molar-refractivity contribution in [3.8, 4) is 0 Å². The number of anilines is 9. The van der Waals surface area contributed by atoms with Gasteiger partial charge in [-0.25, -0.2) is 0 Å². The highest BCUT2D eigenvalue weighted by atomic mass is 32.1. The van der Waals surface area contributed by atoms with Crippen LogP contribution in [0.25, 0.3) is 42.1 Å². The normalized spacial score (nSPS) is 11.4. The van der Waals surface area contributed by atoms with Crippen LogP contribution in [0.5, 0.6) is 0 Å². The van der Waals surface area contributed by atoms with Crippen molar-refractivity contribution < 1.29 is 4.42 Å². The van der Waals surface area contributed by atoms with E-state index in [-0.39, 0.29) is 0 Å². The van der Waals surface area contributed by atoms with Crippen LogP contribution in [0.1, 0.15) is 0 Å². The predicted octanol–water partition coefficient (Wildman–Crippen LogP) is 16.4. The maximum absolute atomic E-state index is 6.71. The third kappa shape index (κ3) is 6.16. The first-order chi connectivity index (χ1) is 29.3. The number of furan rings is 1. The Morgan fingerprint density at radius 2 is 0.797 bits per heavy atom. The van der Waals surface area contributed by atoms with Gasteiger partial charge in [-0.15, -0.1) is 11.3 Å². The monoisotopic (exact) mass is 775 g/mol. The molecule has 4 nitrogen and oxygen atoms in total. The minimum atomic E-state index is 0.852. The van der Waals surface area contributed by atoms with Gasteiger partial charge in [-0.1, -0.05) is 121 Å². The van der Waals surface area contributed by atoms with Gasteiger partial charge >= 0.3 is 0 Å². The first kappa shape index (κ1) is 34.6. The Kier molecular flexibility index (Phi) is 8.64. The van der Waals surface area contributed by atoms with E-state index in [1.807, 2.05) is 17.4 Å². The molecule has 9 aromatic carbocycles. The highest BCUT2D eigenvalue weighted by molar-refractivity contribution is 7.26. The molecule has 5 heteroatoms. The molecule has 0 unspecified atom stereocenters. The number of rotatable bonds is 9. The van der Waals surface area contributed by atoms with Gasteiger partial charge in [-0.2, -0.15) is 0 Å². The molecule has 59 heavy (non-hydrogen) atoms. The lowest BCUT2D eigenvalue weighted by molar-refractivity contribution is 0.669. The zero-order valence-corrected chi connectivity index (χ0v) is 32.8. The zero-order valence-electron chi connectivity index (χ0n) is 32.0. The summed E-state index contributed by atoms with van der Waals surface area (Å²) in [6.45, 7) is 0. The summed E-state index contributed by atoms with van der Waals surface area (Å²) in [6, 6.07) is 79.7. The molecule has 2 heterocycles. The van der Waals surface area contributed by atoms with Gasteiger partial charge in [0.15, 0.2) is 5.58 Å². The van der Waals surface area contributed by atoms with Crippen LogP contribution in [0.3, 0.4) is 0 Å². The van der Waals surface area contributed by atoms with E-state index < -0.39 is 0 Å². The highest BCUT2D eigenvalue weighted by Gasteiger charge is 2.25. The highest BCUT2D eigenvalue weighted by Crippen LogP contribution is 2.51. The lowest BCUT2D eigenvalue weighted by atomic mass is 10.0. The minimum Gasteiger partial charge on any atom is -0.454 e. The molecule has 0 saturated heterocycles. The van der Waals surface area contributed by atoms with Gasteiger partial charge in [0.1, 0.15) is 5.58 Å². The van der Waals surface area contributed by atoms with Gasteiger partial charge in [0, 0.05) is 70.8 Å². The number of hydrogen-bond donors (Lipinski definition) is 0. The van der Waals surface area contributed by atoms with Crippen molar-refractivity contribution in [3.05, 3.63) is 224 Å². The lowest BCUT2D eigenvalue weighted by Crippen LogP contribution is -2.13. The van der Waals surface area contributed by atoms with Crippen molar-refractivity contribution in [3.63, 3.8) is 0 Å². The zero-order chi connectivity index (χ0) is 39.1. The summed E-state index contributed by atoms with van der Waals surface area (Å²) >= 11 is 1.83. The molecular weight excluding hydrogens is 739 g/mol. The first-order valence-electron chi connectivity index (χ1n) is 19.8. The van der Waals surface area contributed by atoms with Crippen LogP contribution in [-0.4, -0.2) is 0 Å². The van der Waals surface area contributed by atoms with Crippen LogP contribution in [0.4, 0.5) is 51.2 Å². The van der Waals surface area contributed by atoms with E-state index in [9.17, 15) is 0 Å². The van der Waals surface area contributed by atoms with Crippen LogP contribution in [0.2, 0.25) is 0 Å². The molecular formula is C54H37N3OS. The summed E-state index contributed by atoms with van der Waals surface area (Å²) in [4.78, 5) is 7.10. The largest absolute Gasteiger partial charge is 0.454 e. The molecule has 0 amide bonds. The van der Waals surface area contributed by atoms with E-state index in [4.69, 9.17) is 4.42 Å². The van der Waals surface area contributed by atoms with E-state index in [1.54, 1.807) is 0 Å². The van der Waals surface area contributed by atoms with Crippen molar-refractivity contribution in [2.24, 2.45) is 0 Å². The second-order valence-corrected chi connectivity index (χ2v) is 15.6. The summed E-state index contributed by atoms with van der Waals surface area (Å²) < 4.78 is 9.12. The molecule has 0 fully saturated rings. The Morgan fingerprint density at radius 1 is 0.305 bits per heavy atom. The van der Waals surface area contributed by atoms with Crippen molar-refractivity contribution in [2.45, 2.75) is 0 Å². The van der Waals surface area contributed by atoms with Crippen molar-refractivity contribution in [1.29, 1.82) is 0 Å². The minimum absolute atomic E-state index is 0.852. The smallest absolute Gasteiger partial charge is 0.159 e. The molecule has 11 rings (SSSR count). The van der Waals surface area contributed by atoms with Crippen LogP contribution < -0.4 is 14.7 Å². The van der Waals surface area contributed by atoms with Gasteiger partial charge in [0.2, 0.25) is 0 Å². The standard InChI is InChI=1S/C54H37N3OS/c1-6-19-38(20-7-1)55(39-21-8-2-9-22-39)43-33-34-51-47(35-43)53-49(56(40-23-10-3-11-24-40)41-25-12-4-13-26-41)36-44(37-52(53)59-51)57(42-27-14-5-15-28-42)48-31-18-30-46-45-29-16-17-32-50(45)58-54(46)48/h1-37H. The number of thiophene rings is 1. The molecule has 0 aliphatic carbocycles. The summed E-state index contributed by atoms with van der Waals surface area (Å²) in [6.07, 6.45) is 0. The number of nitrogens with zero attached hydrogens (tertiary/aromatic N) is 3. The predicted molar refractivity (Wildman–Crippen MR) is 251 cm³/mol. The summed E-state index contributed by atoms with van der Waals surface area (Å²) in [7, 11) is 0. The maximum atomic E-state index is 6.71. The van der Waals surface area contributed by atoms with Gasteiger partial charge < -0.3 is 19.1 Å². The molecule has 0 N–H and O–H groups in total. The lowest BCUT2D eigenvalue weighted by Gasteiger charge is -2.30. The Labute approximate surface area is 346 Å². The fraction of sp³-hybridized carbons (Fsp3) is 0. The fourth-order valence-electron chi connectivity index (χ4n) is 8.40. The summed E-state index contributed by atoms with van der Waals surface area (Å²) in [5, 5.41) is 4.59. The topological polar surface area (TPSA) is 22.9 Å². The molecule has 280 valence electrons. The van der Waals surface area contributed by atoms with E-state index in [0.717, 1.165) is 73.1 Å². The Hall–Kier alpha value is -7.60. The second kappa shape index (κ2) is 14.7. The molecule has 0 spiro atoms. The van der Waals surface area contributed by atoms with E-state index in [0.29, 0.717) is 0 Å². The maximum Gasteiger partial charge on any atom is 0.159 e. The third-order valence-electron chi connectivity index (χ3n) is 11.0. The molecule has 0 radical (unpaired) electrons. The number of benzene rings is 9. The van der Waals surface area contributed by atoms with Crippen molar-refractivity contribution in [1.82, 2.24) is 0 Å². The van der Waals surface area contributed by atoms with E-state index >= 15 is 0 Å². The van der Waals surface area contributed by atoms with Gasteiger partial charge in [-0.3, -0.25) is 0 Å². The molecule has 0 atom stereocenters. The number of para-hydroxylation sites is 7. The number of hydrogen-bond acceptors (Lipinski definition) is 5. The first-order valence-corrected chi connectivity index (χ1v) is 20.7. The second-order valence-electron chi connectivity index (χ2n) is 14.6. The Bertz CT molecular complexity index is 3140. The van der Waals surface area contributed by atoms with Gasteiger partial charge in [-0.05, 0) is 103 Å². The Morgan fingerprint density at radius 3 is 1.37 bits per heavy atom. The molecule has 0 aliphatic heterocycles. The van der Waals surface area contributed by atoms with Crippen LogP contribution in [-0.2, 0) is 0 Å².